The number of aryl methyl sites for hydroxylation is 1. The van der Waals surface area contributed by atoms with Gasteiger partial charge in [-0.2, -0.15) is 0 Å². The Morgan fingerprint density at radius 2 is 1.60 bits per heavy atom. The van der Waals surface area contributed by atoms with Crippen LogP contribution in [-0.4, -0.2) is 14.7 Å². The van der Waals surface area contributed by atoms with Gasteiger partial charge >= 0.3 is 0 Å². The quantitative estimate of drug-likeness (QED) is 0.841. The van der Waals surface area contributed by atoms with Gasteiger partial charge < -0.3 is 0 Å². The Kier molecular flexibility index (Phi) is 4.51. The molecule has 0 fully saturated rings. The standard InChI is InChI=1S/C16H17ClO2S/c1-3-4-13-5-6-14(11-16(13)17)12-7-9-15(10-8-12)20(2,18)19/h5-11H,3-4H2,1-2H3. The van der Waals surface area contributed by atoms with E-state index in [0.29, 0.717) is 4.90 Å². The topological polar surface area (TPSA) is 34.1 Å². The highest BCUT2D eigenvalue weighted by atomic mass is 35.5. The van der Waals surface area contributed by atoms with Crippen molar-refractivity contribution in [3.63, 3.8) is 0 Å². The first-order valence-electron chi connectivity index (χ1n) is 6.50. The third-order valence-corrected chi connectivity index (χ3v) is 4.67. The van der Waals surface area contributed by atoms with Crippen LogP contribution < -0.4 is 0 Å². The lowest BCUT2D eigenvalue weighted by atomic mass is 10.0. The van der Waals surface area contributed by atoms with Crippen molar-refractivity contribution in [2.75, 3.05) is 6.26 Å². The smallest absolute Gasteiger partial charge is 0.175 e. The Balaban J connectivity index is 2.35. The van der Waals surface area contributed by atoms with Crippen molar-refractivity contribution in [3.05, 3.63) is 53.1 Å². The molecule has 106 valence electrons. The van der Waals surface area contributed by atoms with E-state index in [4.69, 9.17) is 11.6 Å². The number of halogens is 1. The molecule has 2 nitrogen and oxygen atoms in total. The maximum Gasteiger partial charge on any atom is 0.175 e. The van der Waals surface area contributed by atoms with E-state index in [1.807, 2.05) is 30.3 Å². The monoisotopic (exact) mass is 308 g/mol. The molecule has 0 saturated carbocycles. The molecule has 0 heterocycles. The van der Waals surface area contributed by atoms with Crippen LogP contribution in [-0.2, 0) is 16.3 Å². The number of benzene rings is 2. The van der Waals surface area contributed by atoms with Gasteiger partial charge in [0.2, 0.25) is 0 Å². The van der Waals surface area contributed by atoms with E-state index in [-0.39, 0.29) is 0 Å². The Morgan fingerprint density at radius 3 is 2.10 bits per heavy atom. The van der Waals surface area contributed by atoms with Crippen LogP contribution >= 0.6 is 11.6 Å². The second kappa shape index (κ2) is 5.98. The van der Waals surface area contributed by atoms with Crippen LogP contribution in [0.5, 0.6) is 0 Å². The lowest BCUT2D eigenvalue weighted by molar-refractivity contribution is 0.602. The van der Waals surface area contributed by atoms with Crippen molar-refractivity contribution in [2.45, 2.75) is 24.7 Å². The summed E-state index contributed by atoms with van der Waals surface area (Å²) in [5, 5.41) is 0.761. The van der Waals surface area contributed by atoms with Gasteiger partial charge in [-0.25, -0.2) is 8.42 Å². The van der Waals surface area contributed by atoms with Gasteiger partial charge in [-0.1, -0.05) is 49.2 Å². The molecule has 0 aliphatic carbocycles. The van der Waals surface area contributed by atoms with E-state index in [0.717, 1.165) is 34.6 Å². The van der Waals surface area contributed by atoms with Gasteiger partial charge in [-0.3, -0.25) is 0 Å². The predicted molar refractivity (Wildman–Crippen MR) is 84.0 cm³/mol. The molecule has 0 aliphatic heterocycles. The van der Waals surface area contributed by atoms with Gasteiger partial charge in [0.25, 0.3) is 0 Å². The fraction of sp³-hybridized carbons (Fsp3) is 0.250. The lowest BCUT2D eigenvalue weighted by Gasteiger charge is -2.07. The van der Waals surface area contributed by atoms with Crippen molar-refractivity contribution >= 4 is 21.4 Å². The molecule has 2 rings (SSSR count). The predicted octanol–water partition coefficient (Wildman–Crippen LogP) is 4.36. The van der Waals surface area contributed by atoms with Crippen molar-refractivity contribution in [1.29, 1.82) is 0 Å². The minimum atomic E-state index is -3.15. The molecule has 0 unspecified atom stereocenters. The molecule has 20 heavy (non-hydrogen) atoms. The minimum Gasteiger partial charge on any atom is -0.224 e. The second-order valence-electron chi connectivity index (χ2n) is 4.85. The first-order valence-corrected chi connectivity index (χ1v) is 8.77. The Morgan fingerprint density at radius 1 is 1.00 bits per heavy atom. The van der Waals surface area contributed by atoms with Crippen LogP contribution in [0.15, 0.2) is 47.4 Å². The molecule has 4 heteroatoms. The highest BCUT2D eigenvalue weighted by molar-refractivity contribution is 7.90. The summed E-state index contributed by atoms with van der Waals surface area (Å²) in [6, 6.07) is 12.8. The minimum absolute atomic E-state index is 0.329. The Hall–Kier alpha value is -1.32. The van der Waals surface area contributed by atoms with Gasteiger partial charge in [0.15, 0.2) is 9.84 Å². The first-order chi connectivity index (χ1) is 9.41. The van der Waals surface area contributed by atoms with Crippen LogP contribution in [0.25, 0.3) is 11.1 Å². The number of hydrogen-bond acceptors (Lipinski definition) is 2. The van der Waals surface area contributed by atoms with E-state index in [2.05, 4.69) is 6.92 Å². The van der Waals surface area contributed by atoms with Crippen LogP contribution in [0.4, 0.5) is 0 Å². The highest BCUT2D eigenvalue weighted by Crippen LogP contribution is 2.27. The average molecular weight is 309 g/mol. The molecule has 0 saturated heterocycles. The van der Waals surface area contributed by atoms with Gasteiger partial charge in [-0.15, -0.1) is 0 Å². The SMILES string of the molecule is CCCc1ccc(-c2ccc(S(C)(=O)=O)cc2)cc1Cl. The Bertz CT molecular complexity index is 704. The maximum atomic E-state index is 11.4. The van der Waals surface area contributed by atoms with Crippen molar-refractivity contribution < 1.29 is 8.42 Å². The van der Waals surface area contributed by atoms with Crippen molar-refractivity contribution in [3.8, 4) is 11.1 Å². The first kappa shape index (κ1) is 15.1. The zero-order valence-corrected chi connectivity index (χ0v) is 13.1. The summed E-state index contributed by atoms with van der Waals surface area (Å²) in [7, 11) is -3.15. The summed E-state index contributed by atoms with van der Waals surface area (Å²) in [5.41, 5.74) is 3.10. The fourth-order valence-electron chi connectivity index (χ4n) is 2.09. The molecule has 2 aromatic rings. The third kappa shape index (κ3) is 3.41. The van der Waals surface area contributed by atoms with E-state index in [1.165, 1.54) is 6.26 Å². The van der Waals surface area contributed by atoms with E-state index in [1.54, 1.807) is 12.1 Å². The van der Waals surface area contributed by atoms with E-state index >= 15 is 0 Å². The molecule has 0 amide bonds. The van der Waals surface area contributed by atoms with Crippen LogP contribution in [0.3, 0.4) is 0 Å². The summed E-state index contributed by atoms with van der Waals surface area (Å²) in [4.78, 5) is 0.329. The molecule has 0 N–H and O–H groups in total. The average Bonchev–Trinajstić information content (AvgIpc) is 2.40. The zero-order valence-electron chi connectivity index (χ0n) is 11.6. The van der Waals surface area contributed by atoms with Gasteiger partial charge in [0.1, 0.15) is 0 Å². The molecule has 0 bridgehead atoms. The molecule has 0 spiro atoms. The van der Waals surface area contributed by atoms with E-state index < -0.39 is 9.84 Å². The lowest BCUT2D eigenvalue weighted by Crippen LogP contribution is -1.96. The summed E-state index contributed by atoms with van der Waals surface area (Å²) in [6.07, 6.45) is 3.23. The molecule has 2 aromatic carbocycles. The molecular formula is C16H17ClO2S. The third-order valence-electron chi connectivity index (χ3n) is 3.19. The Labute approximate surface area is 125 Å². The summed E-state index contributed by atoms with van der Waals surface area (Å²) < 4.78 is 22.9. The van der Waals surface area contributed by atoms with E-state index in [9.17, 15) is 8.42 Å². The molecule has 0 aliphatic rings. The number of rotatable bonds is 4. The zero-order chi connectivity index (χ0) is 14.8. The van der Waals surface area contributed by atoms with Crippen LogP contribution in [0.2, 0.25) is 5.02 Å². The normalized spacial score (nSPS) is 11.6. The molecular weight excluding hydrogens is 292 g/mol. The fourth-order valence-corrected chi connectivity index (χ4v) is 3.00. The summed E-state index contributed by atoms with van der Waals surface area (Å²) in [6.45, 7) is 2.12. The van der Waals surface area contributed by atoms with Gasteiger partial charge in [0.05, 0.1) is 4.90 Å². The van der Waals surface area contributed by atoms with Gasteiger partial charge in [-0.05, 0) is 41.3 Å². The second-order valence-corrected chi connectivity index (χ2v) is 7.28. The number of hydrogen-bond donors (Lipinski definition) is 0. The van der Waals surface area contributed by atoms with Crippen LogP contribution in [0, 0.1) is 0 Å². The van der Waals surface area contributed by atoms with Gasteiger partial charge in [0, 0.05) is 11.3 Å². The van der Waals surface area contributed by atoms with Crippen LogP contribution in [0.1, 0.15) is 18.9 Å². The highest BCUT2D eigenvalue weighted by Gasteiger charge is 2.08. The molecule has 0 aromatic heterocycles. The summed E-state index contributed by atoms with van der Waals surface area (Å²) >= 11 is 6.27. The number of sulfone groups is 1. The van der Waals surface area contributed by atoms with Crippen molar-refractivity contribution in [1.82, 2.24) is 0 Å². The summed E-state index contributed by atoms with van der Waals surface area (Å²) in [5.74, 6) is 0. The van der Waals surface area contributed by atoms with Crippen molar-refractivity contribution in [2.24, 2.45) is 0 Å². The molecule has 0 radical (unpaired) electrons. The maximum absolute atomic E-state index is 11.4. The molecule has 0 atom stereocenters. The largest absolute Gasteiger partial charge is 0.224 e.